The molecule has 10 heteroatoms. The van der Waals surface area contributed by atoms with E-state index in [4.69, 9.17) is 4.74 Å². The highest BCUT2D eigenvalue weighted by Crippen LogP contribution is 2.30. The molecule has 176 valence electrons. The molecule has 0 saturated carbocycles. The summed E-state index contributed by atoms with van der Waals surface area (Å²) in [7, 11) is 0.00466. The molecule has 4 rings (SSSR count). The van der Waals surface area contributed by atoms with Crippen LogP contribution in [0.25, 0.3) is 10.9 Å². The Kier molecular flexibility index (Phi) is 9.06. The van der Waals surface area contributed by atoms with Gasteiger partial charge in [-0.25, -0.2) is 12.4 Å². The summed E-state index contributed by atoms with van der Waals surface area (Å²) >= 11 is 3.60. The van der Waals surface area contributed by atoms with Crippen LogP contribution < -0.4 is 4.74 Å². The number of fused-ring (bicyclic) bond motifs is 1. The van der Waals surface area contributed by atoms with E-state index in [0.29, 0.717) is 16.2 Å². The smallest absolute Gasteiger partial charge is 0.268 e. The van der Waals surface area contributed by atoms with Crippen LogP contribution in [0.1, 0.15) is 11.1 Å². The first-order valence-electron chi connectivity index (χ1n) is 9.90. The van der Waals surface area contributed by atoms with Gasteiger partial charge < -0.3 is 9.64 Å². The molecule has 1 aliphatic heterocycles. The monoisotopic (exact) mass is 563 g/mol. The van der Waals surface area contributed by atoms with Crippen molar-refractivity contribution in [3.63, 3.8) is 0 Å². The van der Waals surface area contributed by atoms with Crippen molar-refractivity contribution in [2.75, 3.05) is 40.3 Å². The summed E-state index contributed by atoms with van der Waals surface area (Å²) in [6.07, 6.45) is 1.68. The Labute approximate surface area is 210 Å². The summed E-state index contributed by atoms with van der Waals surface area (Å²) in [4.78, 5) is 4.96. The van der Waals surface area contributed by atoms with Gasteiger partial charge in [-0.05, 0) is 61.5 Å². The second-order valence-corrected chi connectivity index (χ2v) is 10.5. The molecule has 0 amide bonds. The normalized spacial score (nSPS) is 15.2. The van der Waals surface area contributed by atoms with E-state index in [2.05, 4.69) is 32.8 Å². The summed E-state index contributed by atoms with van der Waals surface area (Å²) in [6.45, 7) is 6.63. The molecule has 1 saturated heterocycles. The molecule has 0 N–H and O–H groups in total. The average Bonchev–Trinajstić information content (AvgIpc) is 3.08. The fourth-order valence-electron chi connectivity index (χ4n) is 3.86. The van der Waals surface area contributed by atoms with Crippen molar-refractivity contribution in [2.24, 2.45) is 0 Å². The van der Waals surface area contributed by atoms with Crippen molar-refractivity contribution in [3.05, 3.63) is 58.2 Å². The third-order valence-electron chi connectivity index (χ3n) is 5.74. The minimum atomic E-state index is -3.72. The van der Waals surface area contributed by atoms with E-state index >= 15 is 0 Å². The maximum atomic E-state index is 13.5. The molecule has 0 radical (unpaired) electrons. The van der Waals surface area contributed by atoms with E-state index < -0.39 is 10.0 Å². The lowest BCUT2D eigenvalue weighted by atomic mass is 10.2. The van der Waals surface area contributed by atoms with Crippen molar-refractivity contribution in [2.45, 2.75) is 18.4 Å². The standard InChI is InChI=1S/C22H26BrN3O3S.2ClH/c1-16-14-26(22-7-4-18(29-3)13-20(16)22)30(27,28)19-5-6-21(23)17(12-19)15-25-10-8-24(2)9-11-25;;/h4-7,12-14H,8-11,15H2,1-3H3;2*1H. The molecule has 2 aromatic carbocycles. The van der Waals surface area contributed by atoms with Crippen LogP contribution >= 0.6 is 40.7 Å². The molecule has 1 aromatic heterocycles. The molecule has 0 spiro atoms. The zero-order valence-electron chi connectivity index (χ0n) is 18.2. The van der Waals surface area contributed by atoms with Crippen molar-refractivity contribution >= 4 is 61.7 Å². The van der Waals surface area contributed by atoms with Gasteiger partial charge in [0.2, 0.25) is 0 Å². The molecular weight excluding hydrogens is 537 g/mol. The molecule has 6 nitrogen and oxygen atoms in total. The average molecular weight is 565 g/mol. The van der Waals surface area contributed by atoms with Crippen LogP contribution in [0, 0.1) is 6.92 Å². The van der Waals surface area contributed by atoms with Gasteiger partial charge in [-0.3, -0.25) is 4.90 Å². The van der Waals surface area contributed by atoms with E-state index in [1.807, 2.05) is 19.1 Å². The summed E-state index contributed by atoms with van der Waals surface area (Å²) in [5.41, 5.74) is 2.52. The highest BCUT2D eigenvalue weighted by atomic mass is 79.9. The Hall–Kier alpha value is -1.29. The van der Waals surface area contributed by atoms with Crippen LogP contribution in [0.5, 0.6) is 5.75 Å². The SMILES string of the molecule is COc1ccc2c(c1)c(C)cn2S(=O)(=O)c1ccc(Br)c(CN2CCN(C)CC2)c1.Cl.Cl. The van der Waals surface area contributed by atoms with E-state index in [0.717, 1.165) is 53.7 Å². The van der Waals surface area contributed by atoms with Crippen molar-refractivity contribution in [1.82, 2.24) is 13.8 Å². The second-order valence-electron chi connectivity index (χ2n) is 7.83. The Morgan fingerprint density at radius 1 is 1.03 bits per heavy atom. The predicted molar refractivity (Wildman–Crippen MR) is 137 cm³/mol. The van der Waals surface area contributed by atoms with Crippen molar-refractivity contribution < 1.29 is 13.2 Å². The number of rotatable bonds is 5. The second kappa shape index (κ2) is 10.8. The van der Waals surface area contributed by atoms with Crippen LogP contribution in [0.3, 0.4) is 0 Å². The number of hydrogen-bond donors (Lipinski definition) is 0. The zero-order valence-corrected chi connectivity index (χ0v) is 22.3. The number of likely N-dealkylation sites (N-methyl/N-ethyl adjacent to an activating group) is 1. The number of hydrogen-bond acceptors (Lipinski definition) is 5. The summed E-state index contributed by atoms with van der Waals surface area (Å²) in [5, 5.41) is 0.868. The van der Waals surface area contributed by atoms with Crippen LogP contribution in [0.2, 0.25) is 0 Å². The first-order chi connectivity index (χ1) is 14.3. The van der Waals surface area contributed by atoms with E-state index in [1.165, 1.54) is 3.97 Å². The van der Waals surface area contributed by atoms with Gasteiger partial charge in [-0.2, -0.15) is 0 Å². The van der Waals surface area contributed by atoms with Gasteiger partial charge in [0.15, 0.2) is 0 Å². The quantitative estimate of drug-likeness (QED) is 0.455. The number of methoxy groups -OCH3 is 1. The minimum absolute atomic E-state index is 0. The van der Waals surface area contributed by atoms with Gasteiger partial charge in [0.05, 0.1) is 17.5 Å². The maximum absolute atomic E-state index is 13.5. The molecule has 0 atom stereocenters. The van der Waals surface area contributed by atoms with Gasteiger partial charge in [0.1, 0.15) is 5.75 Å². The molecule has 0 aliphatic carbocycles. The summed E-state index contributed by atoms with van der Waals surface area (Å²) < 4.78 is 34.6. The minimum Gasteiger partial charge on any atom is -0.497 e. The number of ether oxygens (including phenoxy) is 1. The molecule has 2 heterocycles. The van der Waals surface area contributed by atoms with E-state index in [-0.39, 0.29) is 24.8 Å². The van der Waals surface area contributed by atoms with E-state index in [9.17, 15) is 8.42 Å². The summed E-state index contributed by atoms with van der Waals surface area (Å²) in [6, 6.07) is 10.7. The fraction of sp³-hybridized carbons (Fsp3) is 0.364. The topological polar surface area (TPSA) is 54.8 Å². The van der Waals surface area contributed by atoms with Crippen LogP contribution in [0.4, 0.5) is 0 Å². The van der Waals surface area contributed by atoms with Crippen LogP contribution in [-0.2, 0) is 16.6 Å². The lowest BCUT2D eigenvalue weighted by Gasteiger charge is -2.32. The third-order valence-corrected chi connectivity index (χ3v) is 8.18. The van der Waals surface area contributed by atoms with Gasteiger partial charge in [0.25, 0.3) is 10.0 Å². The summed E-state index contributed by atoms with van der Waals surface area (Å²) in [5.74, 6) is 0.707. The fourth-order valence-corrected chi connectivity index (χ4v) is 5.70. The largest absolute Gasteiger partial charge is 0.497 e. The Balaban J connectivity index is 0.00000181. The Morgan fingerprint density at radius 3 is 2.38 bits per heavy atom. The van der Waals surface area contributed by atoms with Gasteiger partial charge >= 0.3 is 0 Å². The molecule has 1 fully saturated rings. The number of piperazine rings is 1. The number of aryl methyl sites for hydroxylation is 1. The lowest BCUT2D eigenvalue weighted by molar-refractivity contribution is 0.148. The highest BCUT2D eigenvalue weighted by molar-refractivity contribution is 9.10. The van der Waals surface area contributed by atoms with Crippen LogP contribution in [0.15, 0.2) is 52.0 Å². The predicted octanol–water partition coefficient (Wildman–Crippen LogP) is 4.55. The molecule has 0 bridgehead atoms. The molecule has 32 heavy (non-hydrogen) atoms. The van der Waals surface area contributed by atoms with Crippen molar-refractivity contribution in [1.29, 1.82) is 0 Å². The van der Waals surface area contributed by atoms with Gasteiger partial charge in [-0.1, -0.05) is 15.9 Å². The highest BCUT2D eigenvalue weighted by Gasteiger charge is 2.23. The van der Waals surface area contributed by atoms with E-state index in [1.54, 1.807) is 37.6 Å². The Morgan fingerprint density at radius 2 is 1.72 bits per heavy atom. The Bertz CT molecular complexity index is 1190. The van der Waals surface area contributed by atoms with Gasteiger partial charge in [0, 0.05) is 48.8 Å². The zero-order chi connectivity index (χ0) is 21.5. The first kappa shape index (κ1) is 27.0. The number of benzene rings is 2. The third kappa shape index (κ3) is 5.26. The molecule has 0 unspecified atom stereocenters. The molecular formula is C22H28BrCl2N3O3S. The number of aromatic nitrogens is 1. The van der Waals surface area contributed by atoms with Crippen LogP contribution in [-0.4, -0.2) is 62.5 Å². The van der Waals surface area contributed by atoms with Crippen molar-refractivity contribution in [3.8, 4) is 5.75 Å². The number of halogens is 3. The number of nitrogens with zero attached hydrogens (tertiary/aromatic N) is 3. The maximum Gasteiger partial charge on any atom is 0.268 e. The molecule has 3 aromatic rings. The van der Waals surface area contributed by atoms with Gasteiger partial charge in [-0.15, -0.1) is 24.8 Å². The first-order valence-corrected chi connectivity index (χ1v) is 12.1. The molecule has 1 aliphatic rings. The lowest BCUT2D eigenvalue weighted by Crippen LogP contribution is -2.43.